The Bertz CT molecular complexity index is 1710. The molecule has 5 rings (SSSR count). The molecule has 2 amide bonds. The second-order valence-electron chi connectivity index (χ2n) is 12.7. The minimum Gasteiger partial charge on any atom is -0.484 e. The number of benzene rings is 4. The van der Waals surface area contributed by atoms with Gasteiger partial charge in [0.1, 0.15) is 23.0 Å². The van der Waals surface area contributed by atoms with Gasteiger partial charge >= 0.3 is 5.97 Å². The van der Waals surface area contributed by atoms with Crippen molar-refractivity contribution in [1.82, 2.24) is 5.32 Å². The predicted molar refractivity (Wildman–Crippen MR) is 176 cm³/mol. The van der Waals surface area contributed by atoms with Gasteiger partial charge in [0, 0.05) is 5.69 Å². The second-order valence-corrected chi connectivity index (χ2v) is 12.7. The topological polar surface area (TPSA) is 105 Å². The Morgan fingerprint density at radius 1 is 0.854 bits per heavy atom. The molecule has 1 aliphatic heterocycles. The van der Waals surface area contributed by atoms with Gasteiger partial charge in [-0.05, 0) is 98.8 Å². The molecule has 1 aliphatic rings. The van der Waals surface area contributed by atoms with E-state index in [1.807, 2.05) is 6.07 Å². The van der Waals surface area contributed by atoms with Gasteiger partial charge < -0.3 is 24.8 Å². The fourth-order valence-corrected chi connectivity index (χ4v) is 5.69. The van der Waals surface area contributed by atoms with Crippen LogP contribution in [0.2, 0.25) is 0 Å². The number of hydrogen-bond acceptors (Lipinski definition) is 6. The number of carbonyl (C=O) groups excluding carboxylic acids is 3. The third kappa shape index (κ3) is 8.43. The Hall–Kier alpha value is -5.09. The molecule has 0 saturated carbocycles. The lowest BCUT2D eigenvalue weighted by atomic mass is 9.78. The number of esters is 1. The molecule has 10 heteroatoms. The Kier molecular flexibility index (Phi) is 10.5. The van der Waals surface area contributed by atoms with Crippen molar-refractivity contribution < 1.29 is 37.7 Å². The summed E-state index contributed by atoms with van der Waals surface area (Å²) in [5.41, 5.74) is 1.71. The van der Waals surface area contributed by atoms with Crippen molar-refractivity contribution in [3.8, 4) is 5.75 Å². The van der Waals surface area contributed by atoms with Gasteiger partial charge in [0.25, 0.3) is 5.91 Å². The van der Waals surface area contributed by atoms with Gasteiger partial charge in [-0.15, -0.1) is 0 Å². The van der Waals surface area contributed by atoms with Gasteiger partial charge in [-0.2, -0.15) is 0 Å². The molecule has 0 bridgehead atoms. The van der Waals surface area contributed by atoms with Gasteiger partial charge in [0.15, 0.2) is 12.6 Å². The van der Waals surface area contributed by atoms with Crippen LogP contribution in [0.25, 0.3) is 0 Å². The van der Waals surface area contributed by atoms with Crippen LogP contribution >= 0.6 is 0 Å². The minimum absolute atomic E-state index is 0.159. The van der Waals surface area contributed by atoms with Crippen molar-refractivity contribution in [2.75, 3.05) is 11.5 Å². The van der Waals surface area contributed by atoms with Crippen molar-refractivity contribution in [3.05, 3.63) is 131 Å². The largest absolute Gasteiger partial charge is 0.484 e. The van der Waals surface area contributed by atoms with E-state index in [1.165, 1.54) is 36.4 Å². The van der Waals surface area contributed by atoms with Crippen molar-refractivity contribution in [2.24, 2.45) is 5.92 Å². The molecular weight excluding hydrogens is 618 g/mol. The van der Waals surface area contributed by atoms with Crippen LogP contribution in [-0.4, -0.2) is 35.1 Å². The van der Waals surface area contributed by atoms with E-state index >= 15 is 0 Å². The number of β-lactam (4-membered cyclic amide) rings is 1. The summed E-state index contributed by atoms with van der Waals surface area (Å²) in [6, 6.07) is 25.6. The highest BCUT2D eigenvalue weighted by atomic mass is 19.1. The monoisotopic (exact) mass is 656 g/mol. The summed E-state index contributed by atoms with van der Waals surface area (Å²) < 4.78 is 38.3. The van der Waals surface area contributed by atoms with Crippen LogP contribution in [0.15, 0.2) is 103 Å². The van der Waals surface area contributed by atoms with Crippen LogP contribution in [0.1, 0.15) is 68.5 Å². The summed E-state index contributed by atoms with van der Waals surface area (Å²) in [4.78, 5) is 40.8. The molecule has 4 aromatic carbocycles. The van der Waals surface area contributed by atoms with Crippen LogP contribution in [0.3, 0.4) is 0 Å². The molecule has 0 radical (unpaired) electrons. The van der Waals surface area contributed by atoms with Crippen molar-refractivity contribution >= 4 is 23.5 Å². The fourth-order valence-electron chi connectivity index (χ4n) is 5.69. The lowest BCUT2D eigenvalue weighted by Gasteiger charge is -2.48. The van der Waals surface area contributed by atoms with Gasteiger partial charge in [-0.3, -0.25) is 9.59 Å². The third-order valence-corrected chi connectivity index (χ3v) is 8.00. The van der Waals surface area contributed by atoms with E-state index in [9.17, 15) is 28.3 Å². The quantitative estimate of drug-likeness (QED) is 0.129. The first-order valence-electron chi connectivity index (χ1n) is 15.7. The number of anilines is 1. The molecule has 0 aliphatic carbocycles. The van der Waals surface area contributed by atoms with E-state index in [2.05, 4.69) is 5.32 Å². The number of amides is 2. The summed E-state index contributed by atoms with van der Waals surface area (Å²) in [5, 5.41) is 13.4. The molecule has 0 aromatic heterocycles. The van der Waals surface area contributed by atoms with E-state index in [-0.39, 0.29) is 18.9 Å². The number of nitrogens with one attached hydrogen (secondary N) is 1. The zero-order valence-corrected chi connectivity index (χ0v) is 26.9. The maximum absolute atomic E-state index is 13.7. The number of rotatable bonds is 12. The van der Waals surface area contributed by atoms with E-state index in [1.54, 1.807) is 86.3 Å². The number of carbonyl (C=O) groups is 3. The Labute approximate surface area is 278 Å². The lowest BCUT2D eigenvalue weighted by molar-refractivity contribution is -0.159. The standard InChI is InChI=1S/C38H38F2N2O6/c1-38(2,3)48-37(46)34(25-7-5-4-6-8-25)41-33(44)23-47-30-19-11-26(12-20-30)35-31(21-22-32(43)24-9-13-27(39)14-10-24)36(45)42(35)29-17-15-28(40)16-18-29/h4-20,31-32,34-35,43H,21-23H2,1-3H3,(H,41,44)/t31?,32?,34-,35?/m1/s1. The van der Waals surface area contributed by atoms with Gasteiger partial charge in [0.2, 0.25) is 5.91 Å². The molecule has 1 heterocycles. The molecule has 4 aromatic rings. The zero-order chi connectivity index (χ0) is 34.4. The summed E-state index contributed by atoms with van der Waals surface area (Å²) in [5.74, 6) is -2.17. The number of aliphatic hydroxyl groups is 1. The first-order chi connectivity index (χ1) is 22.9. The third-order valence-electron chi connectivity index (χ3n) is 8.00. The summed E-state index contributed by atoms with van der Waals surface area (Å²) in [6.07, 6.45) is -0.241. The van der Waals surface area contributed by atoms with Gasteiger partial charge in [-0.1, -0.05) is 54.6 Å². The lowest BCUT2D eigenvalue weighted by Crippen LogP contribution is -2.55. The predicted octanol–water partition coefficient (Wildman–Crippen LogP) is 6.76. The molecule has 48 heavy (non-hydrogen) atoms. The molecule has 8 nitrogen and oxygen atoms in total. The number of ether oxygens (including phenoxy) is 2. The molecule has 4 atom stereocenters. The van der Waals surface area contributed by atoms with Gasteiger partial charge in [0.05, 0.1) is 18.1 Å². The highest BCUT2D eigenvalue weighted by Gasteiger charge is 2.48. The number of hydrogen-bond donors (Lipinski definition) is 2. The highest BCUT2D eigenvalue weighted by molar-refractivity contribution is 6.03. The maximum Gasteiger partial charge on any atom is 0.333 e. The molecule has 3 unspecified atom stereocenters. The SMILES string of the molecule is CC(C)(C)OC(=O)[C@H](NC(=O)COc1ccc(C2C(CCC(O)c3ccc(F)cc3)C(=O)N2c2ccc(F)cc2)cc1)c1ccccc1. The summed E-state index contributed by atoms with van der Waals surface area (Å²) >= 11 is 0. The van der Waals surface area contributed by atoms with Crippen molar-refractivity contribution in [2.45, 2.75) is 57.4 Å². The highest BCUT2D eigenvalue weighted by Crippen LogP contribution is 2.46. The van der Waals surface area contributed by atoms with E-state index in [0.29, 0.717) is 29.0 Å². The molecular formula is C38H38F2N2O6. The van der Waals surface area contributed by atoms with Crippen molar-refractivity contribution in [1.29, 1.82) is 0 Å². The van der Waals surface area contributed by atoms with E-state index < -0.39 is 53.2 Å². The van der Waals surface area contributed by atoms with E-state index in [0.717, 1.165) is 5.56 Å². The molecule has 2 N–H and O–H groups in total. The minimum atomic E-state index is -1.02. The average molecular weight is 657 g/mol. The molecule has 250 valence electrons. The number of halogens is 2. The van der Waals surface area contributed by atoms with Crippen LogP contribution in [0.4, 0.5) is 14.5 Å². The Morgan fingerprint density at radius 3 is 2.06 bits per heavy atom. The molecule has 1 saturated heterocycles. The number of nitrogens with zero attached hydrogens (tertiary/aromatic N) is 1. The first-order valence-corrected chi connectivity index (χ1v) is 15.7. The Morgan fingerprint density at radius 2 is 1.46 bits per heavy atom. The van der Waals surface area contributed by atoms with Crippen molar-refractivity contribution in [3.63, 3.8) is 0 Å². The normalized spacial score (nSPS) is 17.2. The maximum atomic E-state index is 13.7. The smallest absolute Gasteiger partial charge is 0.333 e. The zero-order valence-electron chi connectivity index (χ0n) is 26.9. The Balaban J connectivity index is 1.26. The second kappa shape index (κ2) is 14.8. The fraction of sp³-hybridized carbons (Fsp3) is 0.289. The molecule has 0 spiro atoms. The van der Waals surface area contributed by atoms with Crippen LogP contribution in [0.5, 0.6) is 5.75 Å². The molecule has 1 fully saturated rings. The summed E-state index contributed by atoms with van der Waals surface area (Å²) in [6.45, 7) is 4.89. The van der Waals surface area contributed by atoms with E-state index in [4.69, 9.17) is 9.47 Å². The summed E-state index contributed by atoms with van der Waals surface area (Å²) in [7, 11) is 0. The van der Waals surface area contributed by atoms with Crippen LogP contribution in [-0.2, 0) is 19.1 Å². The average Bonchev–Trinajstić information content (AvgIpc) is 3.06. The first kappa shape index (κ1) is 34.3. The van der Waals surface area contributed by atoms with Gasteiger partial charge in [-0.25, -0.2) is 13.6 Å². The van der Waals surface area contributed by atoms with Crippen LogP contribution in [0, 0.1) is 17.6 Å². The van der Waals surface area contributed by atoms with Crippen LogP contribution < -0.4 is 15.0 Å². The number of aliphatic hydroxyl groups excluding tert-OH is 1.